The molecule has 22 heavy (non-hydrogen) atoms. The number of hydrogen-bond donors (Lipinski definition) is 1. The number of nitrogens with one attached hydrogen (secondary N) is 1. The Morgan fingerprint density at radius 3 is 2.73 bits per heavy atom. The number of nitrogens with zero attached hydrogens (tertiary/aromatic N) is 2. The fourth-order valence-corrected chi connectivity index (χ4v) is 3.11. The van der Waals surface area contributed by atoms with Crippen molar-refractivity contribution in [1.29, 1.82) is 0 Å². The van der Waals surface area contributed by atoms with Crippen molar-refractivity contribution in [3.63, 3.8) is 0 Å². The molecule has 0 bridgehead atoms. The summed E-state index contributed by atoms with van der Waals surface area (Å²) in [6, 6.07) is 0. The van der Waals surface area contributed by atoms with Gasteiger partial charge in [-0.25, -0.2) is 0 Å². The van der Waals surface area contributed by atoms with Crippen molar-refractivity contribution >= 4 is 11.9 Å². The van der Waals surface area contributed by atoms with E-state index in [4.69, 9.17) is 14.5 Å². The Labute approximate surface area is 133 Å². The number of piperidine rings is 1. The lowest BCUT2D eigenvalue weighted by atomic mass is 9.97. The molecule has 0 saturated carbocycles. The normalized spacial score (nSPS) is 23.6. The molecule has 0 aromatic rings. The van der Waals surface area contributed by atoms with E-state index in [1.54, 1.807) is 0 Å². The van der Waals surface area contributed by atoms with Crippen molar-refractivity contribution in [2.45, 2.75) is 45.1 Å². The zero-order valence-electron chi connectivity index (χ0n) is 13.8. The lowest BCUT2D eigenvalue weighted by Crippen LogP contribution is -2.46. The van der Waals surface area contributed by atoms with Gasteiger partial charge >= 0.3 is 5.97 Å². The van der Waals surface area contributed by atoms with Crippen LogP contribution in [0.4, 0.5) is 0 Å². The van der Waals surface area contributed by atoms with E-state index in [2.05, 4.69) is 17.1 Å². The van der Waals surface area contributed by atoms with Crippen LogP contribution in [-0.4, -0.2) is 62.8 Å². The second-order valence-electron chi connectivity index (χ2n) is 5.94. The van der Waals surface area contributed by atoms with Crippen molar-refractivity contribution in [2.75, 3.05) is 39.9 Å². The number of esters is 1. The number of aliphatic imine (C=N–C) groups is 1. The summed E-state index contributed by atoms with van der Waals surface area (Å²) in [5, 5.41) is 3.35. The van der Waals surface area contributed by atoms with E-state index in [1.807, 2.05) is 0 Å². The number of guanidine groups is 1. The number of carbonyl (C=O) groups excluding carboxylic acids is 1. The summed E-state index contributed by atoms with van der Waals surface area (Å²) in [4.78, 5) is 18.6. The van der Waals surface area contributed by atoms with Crippen LogP contribution in [0.15, 0.2) is 4.99 Å². The van der Waals surface area contributed by atoms with Crippen molar-refractivity contribution in [3.05, 3.63) is 0 Å². The highest BCUT2D eigenvalue weighted by Crippen LogP contribution is 2.19. The average molecular weight is 311 g/mol. The van der Waals surface area contributed by atoms with Gasteiger partial charge in [0.25, 0.3) is 0 Å². The van der Waals surface area contributed by atoms with E-state index in [9.17, 15) is 4.79 Å². The Kier molecular flexibility index (Phi) is 6.96. The molecule has 2 fully saturated rings. The Morgan fingerprint density at radius 2 is 2.14 bits per heavy atom. The first-order valence-electron chi connectivity index (χ1n) is 8.47. The SMILES string of the molecule is CCNC(=NCCC1CCCO1)N1CCC(C(=O)OC)CC1. The maximum Gasteiger partial charge on any atom is 0.308 e. The largest absolute Gasteiger partial charge is 0.469 e. The molecule has 0 aromatic heterocycles. The maximum absolute atomic E-state index is 11.6. The Hall–Kier alpha value is -1.30. The molecule has 1 unspecified atom stereocenters. The molecule has 0 aromatic carbocycles. The Morgan fingerprint density at radius 1 is 1.36 bits per heavy atom. The molecule has 1 N–H and O–H groups in total. The maximum atomic E-state index is 11.6. The number of rotatable bonds is 5. The fourth-order valence-electron chi connectivity index (χ4n) is 3.11. The molecule has 1 atom stereocenters. The molecule has 6 nitrogen and oxygen atoms in total. The van der Waals surface area contributed by atoms with Crippen molar-refractivity contribution in [3.8, 4) is 0 Å². The number of ether oxygens (including phenoxy) is 2. The molecule has 6 heteroatoms. The van der Waals surface area contributed by atoms with Gasteiger partial charge in [-0.1, -0.05) is 0 Å². The predicted molar refractivity (Wildman–Crippen MR) is 85.9 cm³/mol. The second-order valence-corrected chi connectivity index (χ2v) is 5.94. The highest BCUT2D eigenvalue weighted by atomic mass is 16.5. The third-order valence-corrected chi connectivity index (χ3v) is 4.40. The summed E-state index contributed by atoms with van der Waals surface area (Å²) < 4.78 is 10.5. The van der Waals surface area contributed by atoms with Crippen LogP contribution < -0.4 is 5.32 Å². The van der Waals surface area contributed by atoms with E-state index in [1.165, 1.54) is 13.5 Å². The third kappa shape index (κ3) is 4.87. The second kappa shape index (κ2) is 8.98. The van der Waals surface area contributed by atoms with Gasteiger partial charge in [0.2, 0.25) is 0 Å². The summed E-state index contributed by atoms with van der Waals surface area (Å²) in [6.45, 7) is 6.34. The highest BCUT2D eigenvalue weighted by molar-refractivity contribution is 5.80. The summed E-state index contributed by atoms with van der Waals surface area (Å²) >= 11 is 0. The van der Waals surface area contributed by atoms with Crippen LogP contribution in [-0.2, 0) is 14.3 Å². The smallest absolute Gasteiger partial charge is 0.308 e. The zero-order chi connectivity index (χ0) is 15.8. The first kappa shape index (κ1) is 17.1. The zero-order valence-corrected chi connectivity index (χ0v) is 13.8. The van der Waals surface area contributed by atoms with Crippen molar-refractivity contribution in [1.82, 2.24) is 10.2 Å². The lowest BCUT2D eigenvalue weighted by molar-refractivity contribution is -0.146. The van der Waals surface area contributed by atoms with Gasteiger partial charge in [-0.2, -0.15) is 0 Å². The fraction of sp³-hybridized carbons (Fsp3) is 0.875. The van der Waals surface area contributed by atoms with E-state index in [0.717, 1.165) is 64.4 Å². The predicted octanol–water partition coefficient (Wildman–Crippen LogP) is 1.41. The summed E-state index contributed by atoms with van der Waals surface area (Å²) in [5.74, 6) is 0.916. The monoisotopic (exact) mass is 311 g/mol. The minimum absolute atomic E-state index is 0.0380. The van der Waals surface area contributed by atoms with Gasteiger partial charge in [-0.05, 0) is 39.0 Å². The molecule has 126 valence electrons. The molecular weight excluding hydrogens is 282 g/mol. The molecule has 2 heterocycles. The molecule has 2 aliphatic rings. The summed E-state index contributed by atoms with van der Waals surface area (Å²) in [5.41, 5.74) is 0. The van der Waals surface area contributed by atoms with Crippen LogP contribution in [0.25, 0.3) is 0 Å². The van der Waals surface area contributed by atoms with Crippen LogP contribution in [0, 0.1) is 5.92 Å². The Bertz CT molecular complexity index is 373. The van der Waals surface area contributed by atoms with E-state index in [-0.39, 0.29) is 11.9 Å². The van der Waals surface area contributed by atoms with Gasteiger partial charge in [-0.3, -0.25) is 9.79 Å². The Balaban J connectivity index is 1.81. The minimum atomic E-state index is -0.0834. The quantitative estimate of drug-likeness (QED) is 0.472. The highest BCUT2D eigenvalue weighted by Gasteiger charge is 2.27. The van der Waals surface area contributed by atoms with Crippen LogP contribution in [0.2, 0.25) is 0 Å². The van der Waals surface area contributed by atoms with Crippen LogP contribution in [0.1, 0.15) is 39.0 Å². The van der Waals surface area contributed by atoms with Crippen molar-refractivity contribution < 1.29 is 14.3 Å². The number of methoxy groups -OCH3 is 1. The van der Waals surface area contributed by atoms with Gasteiger partial charge in [0.05, 0.1) is 19.1 Å². The third-order valence-electron chi connectivity index (χ3n) is 4.40. The van der Waals surface area contributed by atoms with Crippen LogP contribution in [0.3, 0.4) is 0 Å². The van der Waals surface area contributed by atoms with Gasteiger partial charge in [-0.15, -0.1) is 0 Å². The molecule has 0 aliphatic carbocycles. The first-order valence-corrected chi connectivity index (χ1v) is 8.47. The van der Waals surface area contributed by atoms with Crippen LogP contribution in [0.5, 0.6) is 0 Å². The summed E-state index contributed by atoms with van der Waals surface area (Å²) in [7, 11) is 1.46. The lowest BCUT2D eigenvalue weighted by Gasteiger charge is -2.33. The first-order chi connectivity index (χ1) is 10.7. The van der Waals surface area contributed by atoms with E-state index < -0.39 is 0 Å². The summed E-state index contributed by atoms with van der Waals surface area (Å²) in [6.07, 6.45) is 5.39. The van der Waals surface area contributed by atoms with Crippen molar-refractivity contribution in [2.24, 2.45) is 10.9 Å². The molecular formula is C16H29N3O3. The molecule has 2 rings (SSSR count). The number of carbonyl (C=O) groups is 1. The molecule has 0 radical (unpaired) electrons. The molecule has 0 spiro atoms. The van der Waals surface area contributed by atoms with Gasteiger partial charge in [0.15, 0.2) is 5.96 Å². The van der Waals surface area contributed by atoms with E-state index >= 15 is 0 Å². The van der Waals surface area contributed by atoms with E-state index in [0.29, 0.717) is 6.10 Å². The number of hydrogen-bond acceptors (Lipinski definition) is 4. The van der Waals surface area contributed by atoms with Gasteiger partial charge < -0.3 is 19.7 Å². The van der Waals surface area contributed by atoms with Gasteiger partial charge in [0.1, 0.15) is 0 Å². The standard InChI is InChI=1S/C16H29N3O3/c1-3-17-16(18-9-6-14-5-4-12-22-14)19-10-7-13(8-11-19)15(20)21-2/h13-14H,3-12H2,1-2H3,(H,17,18). The molecule has 0 amide bonds. The van der Waals surface area contributed by atoms with Gasteiger partial charge in [0, 0.05) is 32.8 Å². The topological polar surface area (TPSA) is 63.2 Å². The number of likely N-dealkylation sites (tertiary alicyclic amines) is 1. The molecule has 2 saturated heterocycles. The van der Waals surface area contributed by atoms with Crippen LogP contribution >= 0.6 is 0 Å². The average Bonchev–Trinajstić information content (AvgIpc) is 3.07. The molecule has 2 aliphatic heterocycles. The minimum Gasteiger partial charge on any atom is -0.469 e.